The quantitative estimate of drug-likeness (QED) is 0.611. The predicted octanol–water partition coefficient (Wildman–Crippen LogP) is 2.84. The summed E-state index contributed by atoms with van der Waals surface area (Å²) in [5, 5.41) is 7.71. The van der Waals surface area contributed by atoms with Gasteiger partial charge in [0.1, 0.15) is 0 Å². The molecule has 3 nitrogen and oxygen atoms in total. The molecule has 0 atom stereocenters. The molecule has 0 unspecified atom stereocenters. The molecule has 0 spiro atoms. The second-order valence-electron chi connectivity index (χ2n) is 3.72. The van der Waals surface area contributed by atoms with Crippen LogP contribution in [0.2, 0.25) is 0 Å². The minimum Gasteiger partial charge on any atom is -0.465 e. The van der Waals surface area contributed by atoms with Gasteiger partial charge in [-0.2, -0.15) is 0 Å². The van der Waals surface area contributed by atoms with Crippen molar-refractivity contribution in [2.24, 2.45) is 0 Å². The van der Waals surface area contributed by atoms with Gasteiger partial charge in [0.2, 0.25) is 0 Å². The Kier molecular flexibility index (Phi) is 4.70. The number of carbonyl (C=O) groups excluding carboxylic acids is 1. The maximum atomic E-state index is 11.2. The zero-order valence-corrected chi connectivity index (χ0v) is 9.75. The summed E-state index contributed by atoms with van der Waals surface area (Å²) in [6.45, 7) is 2.06. The average Bonchev–Trinajstić information content (AvgIpc) is 2.29. The Labute approximate surface area is 95.9 Å². The summed E-state index contributed by atoms with van der Waals surface area (Å²) in [6, 6.07) is 7.22. The Hall–Kier alpha value is -1.64. The fourth-order valence-corrected chi connectivity index (χ4v) is 1.51. The molecule has 3 heteroatoms. The van der Waals surface area contributed by atoms with Crippen molar-refractivity contribution in [1.29, 1.82) is 5.41 Å². The lowest BCUT2D eigenvalue weighted by Crippen LogP contribution is -2.03. The number of benzene rings is 1. The average molecular weight is 219 g/mol. The van der Waals surface area contributed by atoms with E-state index in [2.05, 4.69) is 11.7 Å². The third-order valence-corrected chi connectivity index (χ3v) is 2.34. The second-order valence-corrected chi connectivity index (χ2v) is 3.72. The van der Waals surface area contributed by atoms with E-state index in [9.17, 15) is 4.79 Å². The van der Waals surface area contributed by atoms with Gasteiger partial charge in [-0.1, -0.05) is 25.5 Å². The minimum atomic E-state index is -0.324. The van der Waals surface area contributed by atoms with Gasteiger partial charge in [-0.05, 0) is 24.1 Å². The Balaban J connectivity index is 2.64. The second kappa shape index (κ2) is 6.05. The number of ether oxygens (including phenoxy) is 1. The van der Waals surface area contributed by atoms with Crippen molar-refractivity contribution in [3.8, 4) is 0 Å². The summed E-state index contributed by atoms with van der Waals surface area (Å²) in [6.07, 6.45) is 2.49. The van der Waals surface area contributed by atoms with Gasteiger partial charge in [-0.25, -0.2) is 4.79 Å². The summed E-state index contributed by atoms with van der Waals surface area (Å²) in [4.78, 5) is 11.2. The molecule has 86 valence electrons. The van der Waals surface area contributed by atoms with Gasteiger partial charge in [-0.15, -0.1) is 0 Å². The van der Waals surface area contributed by atoms with E-state index in [4.69, 9.17) is 5.41 Å². The molecule has 0 aliphatic carbocycles. The van der Waals surface area contributed by atoms with Crippen LogP contribution < -0.4 is 0 Å². The van der Waals surface area contributed by atoms with Gasteiger partial charge in [-0.3, -0.25) is 0 Å². The molecule has 0 saturated carbocycles. The van der Waals surface area contributed by atoms with Crippen molar-refractivity contribution in [1.82, 2.24) is 0 Å². The van der Waals surface area contributed by atoms with E-state index < -0.39 is 0 Å². The van der Waals surface area contributed by atoms with Gasteiger partial charge >= 0.3 is 5.97 Å². The summed E-state index contributed by atoms with van der Waals surface area (Å²) < 4.78 is 4.61. The van der Waals surface area contributed by atoms with E-state index in [-0.39, 0.29) is 5.97 Å². The highest BCUT2D eigenvalue weighted by atomic mass is 16.5. The predicted molar refractivity (Wildman–Crippen MR) is 64.1 cm³/mol. The summed E-state index contributed by atoms with van der Waals surface area (Å²) in [5.41, 5.74) is 2.34. The van der Waals surface area contributed by atoms with E-state index >= 15 is 0 Å². The fourth-order valence-electron chi connectivity index (χ4n) is 1.51. The Morgan fingerprint density at radius 2 is 1.94 bits per heavy atom. The van der Waals surface area contributed by atoms with E-state index in [1.54, 1.807) is 12.1 Å². The Morgan fingerprint density at radius 1 is 1.31 bits per heavy atom. The van der Waals surface area contributed by atoms with E-state index in [0.717, 1.165) is 24.1 Å². The van der Waals surface area contributed by atoms with Crippen LogP contribution in [0.4, 0.5) is 0 Å². The maximum Gasteiger partial charge on any atom is 0.337 e. The Morgan fingerprint density at radius 3 is 2.44 bits per heavy atom. The van der Waals surface area contributed by atoms with Crippen LogP contribution in [0.1, 0.15) is 35.7 Å². The summed E-state index contributed by atoms with van der Waals surface area (Å²) in [5.74, 6) is -0.324. The molecule has 0 bridgehead atoms. The van der Waals surface area contributed by atoms with Crippen LogP contribution in [-0.2, 0) is 11.2 Å². The van der Waals surface area contributed by atoms with Crippen molar-refractivity contribution in [3.05, 3.63) is 35.4 Å². The van der Waals surface area contributed by atoms with Crippen LogP contribution in [0.5, 0.6) is 0 Å². The van der Waals surface area contributed by atoms with E-state index in [1.807, 2.05) is 12.1 Å². The zero-order chi connectivity index (χ0) is 12.0. The van der Waals surface area contributed by atoms with Crippen molar-refractivity contribution in [3.63, 3.8) is 0 Å². The monoisotopic (exact) mass is 219 g/mol. The molecule has 1 aromatic rings. The van der Waals surface area contributed by atoms with Crippen molar-refractivity contribution < 1.29 is 9.53 Å². The molecule has 16 heavy (non-hydrogen) atoms. The third-order valence-electron chi connectivity index (χ3n) is 2.34. The van der Waals surface area contributed by atoms with Crippen molar-refractivity contribution in [2.75, 3.05) is 7.11 Å². The molecule has 0 aromatic heterocycles. The number of nitrogens with one attached hydrogen (secondary N) is 1. The normalized spacial score (nSPS) is 9.88. The lowest BCUT2D eigenvalue weighted by molar-refractivity contribution is 0.0601. The van der Waals surface area contributed by atoms with Crippen LogP contribution in [0, 0.1) is 5.41 Å². The van der Waals surface area contributed by atoms with Crippen molar-refractivity contribution in [2.45, 2.75) is 26.2 Å². The highest BCUT2D eigenvalue weighted by molar-refractivity contribution is 5.89. The number of carbonyl (C=O) groups is 1. The SMILES string of the molecule is CCCC(=N)Cc1ccc(C(=O)OC)cc1. The maximum absolute atomic E-state index is 11.2. The first-order valence-corrected chi connectivity index (χ1v) is 5.41. The largest absolute Gasteiger partial charge is 0.465 e. The van der Waals surface area contributed by atoms with Gasteiger partial charge in [0, 0.05) is 12.1 Å². The van der Waals surface area contributed by atoms with E-state index in [0.29, 0.717) is 12.0 Å². The molecule has 0 saturated heterocycles. The van der Waals surface area contributed by atoms with Gasteiger partial charge < -0.3 is 10.1 Å². The molecule has 0 fully saturated rings. The van der Waals surface area contributed by atoms with Crippen molar-refractivity contribution >= 4 is 11.7 Å². The molecule has 1 aromatic carbocycles. The molecular weight excluding hydrogens is 202 g/mol. The van der Waals surface area contributed by atoms with Crippen LogP contribution >= 0.6 is 0 Å². The number of rotatable bonds is 5. The number of esters is 1. The highest BCUT2D eigenvalue weighted by Crippen LogP contribution is 2.08. The molecule has 0 aliphatic rings. The van der Waals surface area contributed by atoms with Crippen LogP contribution in [0.3, 0.4) is 0 Å². The van der Waals surface area contributed by atoms with Gasteiger partial charge in [0.15, 0.2) is 0 Å². The number of methoxy groups -OCH3 is 1. The molecule has 0 radical (unpaired) electrons. The topological polar surface area (TPSA) is 50.2 Å². The first-order valence-electron chi connectivity index (χ1n) is 5.41. The summed E-state index contributed by atoms with van der Waals surface area (Å²) >= 11 is 0. The fraction of sp³-hybridized carbons (Fsp3) is 0.385. The molecule has 1 N–H and O–H groups in total. The number of hydrogen-bond donors (Lipinski definition) is 1. The molecule has 0 amide bonds. The summed E-state index contributed by atoms with van der Waals surface area (Å²) in [7, 11) is 1.37. The molecule has 0 heterocycles. The standard InChI is InChI=1S/C13H17NO2/c1-3-4-12(14)9-10-5-7-11(8-6-10)13(15)16-2/h5-8,14H,3-4,9H2,1-2H3. The first kappa shape index (κ1) is 12.4. The lowest BCUT2D eigenvalue weighted by atomic mass is 10.0. The Bertz CT molecular complexity index is 368. The third kappa shape index (κ3) is 3.50. The molecule has 0 aliphatic heterocycles. The highest BCUT2D eigenvalue weighted by Gasteiger charge is 2.05. The van der Waals surface area contributed by atoms with Gasteiger partial charge in [0.05, 0.1) is 12.7 Å². The number of hydrogen-bond acceptors (Lipinski definition) is 3. The first-order chi connectivity index (χ1) is 7.67. The smallest absolute Gasteiger partial charge is 0.337 e. The van der Waals surface area contributed by atoms with Crippen LogP contribution in [-0.4, -0.2) is 18.8 Å². The van der Waals surface area contributed by atoms with Gasteiger partial charge in [0.25, 0.3) is 0 Å². The van der Waals surface area contributed by atoms with Crippen LogP contribution in [0.15, 0.2) is 24.3 Å². The lowest BCUT2D eigenvalue weighted by Gasteiger charge is -2.04. The minimum absolute atomic E-state index is 0.324. The molecule has 1 rings (SSSR count). The zero-order valence-electron chi connectivity index (χ0n) is 9.75. The van der Waals surface area contributed by atoms with E-state index in [1.165, 1.54) is 7.11 Å². The van der Waals surface area contributed by atoms with Crippen LogP contribution in [0.25, 0.3) is 0 Å². The molecular formula is C13H17NO2.